The Balaban J connectivity index is 1.90. The van der Waals surface area contributed by atoms with E-state index >= 15 is 0 Å². The molecule has 0 spiro atoms. The lowest BCUT2D eigenvalue weighted by molar-refractivity contribution is -0.120. The van der Waals surface area contributed by atoms with Crippen molar-refractivity contribution in [3.63, 3.8) is 0 Å². The topological polar surface area (TPSA) is 32.3 Å². The molecule has 2 aliphatic rings. The highest BCUT2D eigenvalue weighted by Gasteiger charge is 2.41. The zero-order valence-electron chi connectivity index (χ0n) is 10.8. The number of hydrogen-bond donors (Lipinski definition) is 1. The summed E-state index contributed by atoms with van der Waals surface area (Å²) in [5.41, 5.74) is -0.841. The lowest BCUT2D eigenvalue weighted by Crippen LogP contribution is -2.50. The smallest absolute Gasteiger partial charge is 0.209 e. The molecule has 2 fully saturated rings. The Labute approximate surface area is 103 Å². The summed E-state index contributed by atoms with van der Waals surface area (Å²) in [5, 5.41) is 3.22. The number of amides is 1. The fourth-order valence-electron chi connectivity index (χ4n) is 2.57. The van der Waals surface area contributed by atoms with Crippen molar-refractivity contribution in [3.8, 4) is 0 Å². The van der Waals surface area contributed by atoms with Crippen LogP contribution in [-0.2, 0) is 4.79 Å². The summed E-state index contributed by atoms with van der Waals surface area (Å²) in [7, 11) is 0. The number of carbonyl (C=O) groups is 1. The van der Waals surface area contributed by atoms with Crippen LogP contribution in [0.1, 0.15) is 33.1 Å². The predicted molar refractivity (Wildman–Crippen MR) is 65.5 cm³/mol. The molecule has 2 atom stereocenters. The normalized spacial score (nSPS) is 35.4. The van der Waals surface area contributed by atoms with Gasteiger partial charge in [-0.15, -0.1) is 0 Å². The van der Waals surface area contributed by atoms with Crippen molar-refractivity contribution in [1.29, 1.82) is 0 Å². The predicted octanol–water partition coefficient (Wildman–Crippen LogP) is 1.58. The van der Waals surface area contributed by atoms with E-state index in [0.29, 0.717) is 24.9 Å². The van der Waals surface area contributed by atoms with Crippen molar-refractivity contribution >= 4 is 6.41 Å². The highest BCUT2D eigenvalue weighted by atomic mass is 19.1. The van der Waals surface area contributed by atoms with Gasteiger partial charge in [0.2, 0.25) is 6.41 Å². The number of alkyl halides is 1. The number of hydrogen-bond acceptors (Lipinski definition) is 2. The molecule has 1 saturated carbocycles. The van der Waals surface area contributed by atoms with Crippen molar-refractivity contribution in [2.24, 2.45) is 11.3 Å². The van der Waals surface area contributed by atoms with Crippen LogP contribution in [0.2, 0.25) is 0 Å². The van der Waals surface area contributed by atoms with E-state index < -0.39 is 5.67 Å². The molecule has 2 rings (SSSR count). The van der Waals surface area contributed by atoms with Gasteiger partial charge < -0.3 is 10.2 Å². The van der Waals surface area contributed by atoms with E-state index in [9.17, 15) is 9.18 Å². The summed E-state index contributed by atoms with van der Waals surface area (Å²) in [4.78, 5) is 12.8. The second kappa shape index (κ2) is 4.56. The molecule has 1 amide bonds. The van der Waals surface area contributed by atoms with E-state index in [1.165, 1.54) is 12.8 Å². The molecule has 0 radical (unpaired) electrons. The van der Waals surface area contributed by atoms with Crippen LogP contribution >= 0.6 is 0 Å². The summed E-state index contributed by atoms with van der Waals surface area (Å²) in [6.07, 6.45) is 3.80. The molecule has 0 aromatic rings. The van der Waals surface area contributed by atoms with Crippen LogP contribution in [0.4, 0.5) is 4.39 Å². The molecule has 0 aromatic heterocycles. The molecule has 1 aliphatic carbocycles. The van der Waals surface area contributed by atoms with Crippen molar-refractivity contribution in [2.45, 2.75) is 38.8 Å². The Morgan fingerprint density at radius 2 is 2.12 bits per heavy atom. The van der Waals surface area contributed by atoms with Crippen molar-refractivity contribution in [3.05, 3.63) is 0 Å². The first-order chi connectivity index (χ1) is 7.95. The van der Waals surface area contributed by atoms with Gasteiger partial charge in [0.25, 0.3) is 0 Å². The highest BCUT2D eigenvalue weighted by molar-refractivity contribution is 5.47. The van der Waals surface area contributed by atoms with Crippen molar-refractivity contribution in [2.75, 3.05) is 26.2 Å². The third-order valence-electron chi connectivity index (χ3n) is 4.32. The van der Waals surface area contributed by atoms with Gasteiger partial charge >= 0.3 is 0 Å². The second-order valence-corrected chi connectivity index (χ2v) is 6.27. The van der Waals surface area contributed by atoms with Crippen molar-refractivity contribution in [1.82, 2.24) is 10.2 Å². The minimum atomic E-state index is -1.14. The first kappa shape index (κ1) is 12.8. The minimum absolute atomic E-state index is 0.0798. The lowest BCUT2D eigenvalue weighted by Gasteiger charge is -2.38. The summed E-state index contributed by atoms with van der Waals surface area (Å²) >= 11 is 0. The van der Waals surface area contributed by atoms with E-state index in [1.807, 2.05) is 0 Å². The number of halogens is 1. The Morgan fingerprint density at radius 1 is 1.41 bits per heavy atom. The highest BCUT2D eigenvalue weighted by Crippen LogP contribution is 2.45. The number of nitrogens with zero attached hydrogens (tertiary/aromatic N) is 1. The van der Waals surface area contributed by atoms with Gasteiger partial charge in [-0.2, -0.15) is 0 Å². The molecule has 4 heteroatoms. The summed E-state index contributed by atoms with van der Waals surface area (Å²) in [5.74, 6) is -0.0798. The van der Waals surface area contributed by atoms with E-state index in [0.717, 1.165) is 19.5 Å². The van der Waals surface area contributed by atoms with Crippen LogP contribution in [0.5, 0.6) is 0 Å². The van der Waals surface area contributed by atoms with E-state index in [1.54, 1.807) is 11.8 Å². The molecular formula is C13H23FN2O. The van der Waals surface area contributed by atoms with Gasteiger partial charge in [-0.1, -0.05) is 6.92 Å². The molecule has 3 nitrogen and oxygen atoms in total. The van der Waals surface area contributed by atoms with Crippen LogP contribution in [0.15, 0.2) is 0 Å². The van der Waals surface area contributed by atoms with Crippen molar-refractivity contribution < 1.29 is 9.18 Å². The van der Waals surface area contributed by atoms with Gasteiger partial charge in [-0.25, -0.2) is 4.39 Å². The average Bonchev–Trinajstić information content (AvgIpc) is 2.98. The van der Waals surface area contributed by atoms with E-state index in [4.69, 9.17) is 0 Å². The first-order valence-electron chi connectivity index (χ1n) is 6.54. The maximum absolute atomic E-state index is 14.3. The summed E-state index contributed by atoms with van der Waals surface area (Å²) in [6, 6.07) is 0. The Kier molecular flexibility index (Phi) is 3.43. The number of piperidine rings is 1. The fraction of sp³-hybridized carbons (Fsp3) is 0.923. The van der Waals surface area contributed by atoms with Crippen LogP contribution in [0, 0.1) is 11.3 Å². The molecule has 1 saturated heterocycles. The molecule has 0 bridgehead atoms. The molecule has 17 heavy (non-hydrogen) atoms. The molecule has 1 aliphatic heterocycles. The van der Waals surface area contributed by atoms with Gasteiger partial charge in [-0.05, 0) is 38.1 Å². The SMILES string of the molecule is CC1(CN(C=O)CC2CNCCC2(C)F)CC1. The Bertz CT molecular complexity index is 289. The van der Waals surface area contributed by atoms with Gasteiger partial charge in [0, 0.05) is 25.6 Å². The molecule has 0 aromatic carbocycles. The Hall–Kier alpha value is -0.640. The minimum Gasteiger partial charge on any atom is -0.344 e. The lowest BCUT2D eigenvalue weighted by atomic mass is 9.84. The average molecular weight is 242 g/mol. The third kappa shape index (κ3) is 3.18. The molecule has 1 heterocycles. The van der Waals surface area contributed by atoms with Crippen LogP contribution in [0.25, 0.3) is 0 Å². The van der Waals surface area contributed by atoms with Gasteiger partial charge in [0.15, 0.2) is 0 Å². The maximum Gasteiger partial charge on any atom is 0.209 e. The molecule has 2 unspecified atom stereocenters. The van der Waals surface area contributed by atoms with Crippen LogP contribution in [0.3, 0.4) is 0 Å². The van der Waals surface area contributed by atoms with E-state index in [-0.39, 0.29) is 5.92 Å². The van der Waals surface area contributed by atoms with E-state index in [2.05, 4.69) is 12.2 Å². The molecular weight excluding hydrogens is 219 g/mol. The Morgan fingerprint density at radius 3 is 2.65 bits per heavy atom. The molecule has 1 N–H and O–H groups in total. The number of rotatable bonds is 5. The van der Waals surface area contributed by atoms with Gasteiger partial charge in [-0.3, -0.25) is 4.79 Å². The third-order valence-corrected chi connectivity index (χ3v) is 4.32. The summed E-state index contributed by atoms with van der Waals surface area (Å²) < 4.78 is 14.3. The number of nitrogens with one attached hydrogen (secondary N) is 1. The zero-order valence-corrected chi connectivity index (χ0v) is 10.8. The van der Waals surface area contributed by atoms with Crippen LogP contribution < -0.4 is 5.32 Å². The van der Waals surface area contributed by atoms with Gasteiger partial charge in [0.05, 0.1) is 0 Å². The maximum atomic E-state index is 14.3. The summed E-state index contributed by atoms with van der Waals surface area (Å²) in [6.45, 7) is 6.59. The van der Waals surface area contributed by atoms with Gasteiger partial charge in [0.1, 0.15) is 5.67 Å². The fourth-order valence-corrected chi connectivity index (χ4v) is 2.57. The number of carbonyl (C=O) groups excluding carboxylic acids is 1. The molecule has 98 valence electrons. The standard InChI is InChI=1S/C13H23FN2O/c1-12(3-4-12)9-16(10-17)8-11-7-15-6-5-13(11,2)14/h10-11,15H,3-9H2,1-2H3. The first-order valence-corrected chi connectivity index (χ1v) is 6.54. The quantitative estimate of drug-likeness (QED) is 0.742. The zero-order chi connectivity index (χ0) is 12.5. The monoisotopic (exact) mass is 242 g/mol. The second-order valence-electron chi connectivity index (χ2n) is 6.27. The largest absolute Gasteiger partial charge is 0.344 e. The van der Waals surface area contributed by atoms with Crippen LogP contribution in [-0.4, -0.2) is 43.2 Å².